The fourth-order valence-electron chi connectivity index (χ4n) is 5.48. The summed E-state index contributed by atoms with van der Waals surface area (Å²) in [5.74, 6) is -0.363. The van der Waals surface area contributed by atoms with Crippen molar-refractivity contribution in [2.75, 3.05) is 26.2 Å². The quantitative estimate of drug-likeness (QED) is 0.651. The van der Waals surface area contributed by atoms with Crippen LogP contribution >= 0.6 is 0 Å². The normalized spacial score (nSPS) is 21.5. The van der Waals surface area contributed by atoms with Crippen LogP contribution in [0.15, 0.2) is 48.5 Å². The van der Waals surface area contributed by atoms with Gasteiger partial charge in [0.25, 0.3) is 0 Å². The first-order valence-electron chi connectivity index (χ1n) is 12.1. The molecular weight excluding hydrogens is 432 g/mol. The van der Waals surface area contributed by atoms with Crippen LogP contribution in [0.4, 0.5) is 4.79 Å². The SMILES string of the molecule is O=C(O)CC1CCN(C(=O)[C@H]2C[C@H]2CNC(=O)OCC2c3ccccc3-c3ccccc32)CC1. The van der Waals surface area contributed by atoms with Crippen LogP contribution in [0.3, 0.4) is 0 Å². The topological polar surface area (TPSA) is 95.9 Å². The first kappa shape index (κ1) is 22.4. The number of amides is 2. The average molecular weight is 463 g/mol. The molecule has 2 aliphatic carbocycles. The smallest absolute Gasteiger partial charge is 0.407 e. The minimum absolute atomic E-state index is 0.0254. The number of ether oxygens (including phenoxy) is 1. The van der Waals surface area contributed by atoms with Gasteiger partial charge in [0, 0.05) is 37.9 Å². The fraction of sp³-hybridized carbons (Fsp3) is 0.444. The van der Waals surface area contributed by atoms with Crippen LogP contribution in [-0.4, -0.2) is 54.2 Å². The lowest BCUT2D eigenvalue weighted by Crippen LogP contribution is -2.40. The Labute approximate surface area is 199 Å². The highest BCUT2D eigenvalue weighted by molar-refractivity contribution is 5.82. The van der Waals surface area contributed by atoms with Crippen molar-refractivity contribution in [2.24, 2.45) is 17.8 Å². The van der Waals surface area contributed by atoms with Crippen molar-refractivity contribution in [3.05, 3.63) is 59.7 Å². The Morgan fingerprint density at radius 1 is 0.971 bits per heavy atom. The van der Waals surface area contributed by atoms with Crippen LogP contribution in [0.5, 0.6) is 0 Å². The lowest BCUT2D eigenvalue weighted by atomic mass is 9.93. The summed E-state index contributed by atoms with van der Waals surface area (Å²) >= 11 is 0. The van der Waals surface area contributed by atoms with Gasteiger partial charge in [-0.1, -0.05) is 48.5 Å². The van der Waals surface area contributed by atoms with Gasteiger partial charge in [-0.15, -0.1) is 0 Å². The number of nitrogens with zero attached hydrogens (tertiary/aromatic N) is 1. The molecule has 7 nitrogen and oxygen atoms in total. The maximum Gasteiger partial charge on any atom is 0.407 e. The van der Waals surface area contributed by atoms with E-state index in [-0.39, 0.29) is 42.6 Å². The molecule has 1 heterocycles. The molecule has 1 aliphatic heterocycles. The number of hydrogen-bond donors (Lipinski definition) is 2. The minimum Gasteiger partial charge on any atom is -0.481 e. The van der Waals surface area contributed by atoms with Crippen LogP contribution < -0.4 is 5.32 Å². The van der Waals surface area contributed by atoms with Crippen molar-refractivity contribution in [1.29, 1.82) is 0 Å². The summed E-state index contributed by atoms with van der Waals surface area (Å²) in [5, 5.41) is 11.8. The van der Waals surface area contributed by atoms with E-state index in [1.165, 1.54) is 22.3 Å². The van der Waals surface area contributed by atoms with Gasteiger partial charge in [-0.05, 0) is 53.4 Å². The molecular formula is C27H30N2O5. The van der Waals surface area contributed by atoms with Crippen molar-refractivity contribution in [2.45, 2.75) is 31.6 Å². The Hall–Kier alpha value is -3.35. The number of piperidine rings is 1. The molecule has 0 bridgehead atoms. The Morgan fingerprint density at radius 2 is 1.59 bits per heavy atom. The second-order valence-electron chi connectivity index (χ2n) is 9.68. The molecule has 0 unspecified atom stereocenters. The number of alkyl carbamates (subject to hydrolysis) is 1. The summed E-state index contributed by atoms with van der Waals surface area (Å²) in [7, 11) is 0. The zero-order valence-corrected chi connectivity index (χ0v) is 19.1. The number of likely N-dealkylation sites (tertiary alicyclic amines) is 1. The van der Waals surface area contributed by atoms with Crippen molar-refractivity contribution in [3.63, 3.8) is 0 Å². The van der Waals surface area contributed by atoms with E-state index >= 15 is 0 Å². The Bertz CT molecular complexity index is 1050. The molecule has 7 heteroatoms. The molecule has 2 amide bonds. The molecule has 2 aromatic rings. The van der Waals surface area contributed by atoms with Gasteiger partial charge in [0.05, 0.1) is 0 Å². The summed E-state index contributed by atoms with van der Waals surface area (Å²) in [6.45, 7) is 1.96. The van der Waals surface area contributed by atoms with Gasteiger partial charge < -0.3 is 20.1 Å². The summed E-state index contributed by atoms with van der Waals surface area (Å²) in [6.07, 6.45) is 1.99. The first-order chi connectivity index (χ1) is 16.5. The lowest BCUT2D eigenvalue weighted by molar-refractivity contribution is -0.139. The molecule has 2 atom stereocenters. The molecule has 1 saturated carbocycles. The van der Waals surface area contributed by atoms with E-state index < -0.39 is 12.1 Å². The third kappa shape index (κ3) is 4.65. The van der Waals surface area contributed by atoms with Crippen LogP contribution in [-0.2, 0) is 14.3 Å². The molecule has 2 fully saturated rings. The van der Waals surface area contributed by atoms with Crippen LogP contribution in [0, 0.1) is 17.8 Å². The van der Waals surface area contributed by atoms with E-state index in [2.05, 4.69) is 29.6 Å². The maximum atomic E-state index is 12.7. The predicted molar refractivity (Wildman–Crippen MR) is 126 cm³/mol. The minimum atomic E-state index is -0.772. The van der Waals surface area contributed by atoms with E-state index in [1.807, 2.05) is 29.2 Å². The highest BCUT2D eigenvalue weighted by atomic mass is 16.5. The standard InChI is InChI=1S/C27H30N2O5/c30-25(31)13-17-9-11-29(12-10-17)26(32)23-14-18(23)15-28-27(33)34-16-24-21-7-3-1-5-19(21)20-6-2-4-8-22(20)24/h1-8,17-18,23-24H,9-16H2,(H,28,33)(H,30,31)/t18-,23-/m0/s1. The van der Waals surface area contributed by atoms with E-state index in [4.69, 9.17) is 9.84 Å². The number of fused-ring (bicyclic) bond motifs is 3. The Balaban J connectivity index is 1.07. The van der Waals surface area contributed by atoms with Gasteiger partial charge in [0.1, 0.15) is 6.61 Å². The molecule has 1 saturated heterocycles. The second kappa shape index (κ2) is 9.49. The number of carbonyl (C=O) groups is 3. The number of carboxylic acid groups (broad SMARTS) is 1. The largest absolute Gasteiger partial charge is 0.481 e. The number of aliphatic carboxylic acids is 1. The number of nitrogens with one attached hydrogen (secondary N) is 1. The zero-order valence-electron chi connectivity index (χ0n) is 19.1. The first-order valence-corrected chi connectivity index (χ1v) is 12.1. The third-order valence-electron chi connectivity index (χ3n) is 7.48. The lowest BCUT2D eigenvalue weighted by Gasteiger charge is -2.31. The second-order valence-corrected chi connectivity index (χ2v) is 9.68. The summed E-state index contributed by atoms with van der Waals surface area (Å²) in [5.41, 5.74) is 4.74. The molecule has 0 spiro atoms. The maximum absolute atomic E-state index is 12.7. The van der Waals surface area contributed by atoms with Gasteiger partial charge in [-0.2, -0.15) is 0 Å². The number of carbonyl (C=O) groups excluding carboxylic acids is 2. The molecule has 0 radical (unpaired) electrons. The molecule has 5 rings (SSSR count). The highest BCUT2D eigenvalue weighted by Gasteiger charge is 2.45. The highest BCUT2D eigenvalue weighted by Crippen LogP contribution is 2.44. The predicted octanol–water partition coefficient (Wildman–Crippen LogP) is 3.87. The zero-order chi connectivity index (χ0) is 23.7. The fourth-order valence-corrected chi connectivity index (χ4v) is 5.48. The number of hydrogen-bond acceptors (Lipinski definition) is 4. The average Bonchev–Trinajstić information content (AvgIpc) is 3.56. The van der Waals surface area contributed by atoms with Gasteiger partial charge >= 0.3 is 12.1 Å². The third-order valence-corrected chi connectivity index (χ3v) is 7.48. The van der Waals surface area contributed by atoms with E-state index in [1.54, 1.807) is 0 Å². The van der Waals surface area contributed by atoms with Crippen molar-refractivity contribution >= 4 is 18.0 Å². The van der Waals surface area contributed by atoms with Crippen molar-refractivity contribution < 1.29 is 24.2 Å². The van der Waals surface area contributed by atoms with Gasteiger partial charge in [0.15, 0.2) is 0 Å². The molecule has 0 aromatic heterocycles. The van der Waals surface area contributed by atoms with E-state index in [0.717, 1.165) is 19.3 Å². The summed E-state index contributed by atoms with van der Waals surface area (Å²) in [6, 6.07) is 16.5. The van der Waals surface area contributed by atoms with Crippen molar-refractivity contribution in [3.8, 4) is 11.1 Å². The molecule has 2 aromatic carbocycles. The van der Waals surface area contributed by atoms with Crippen LogP contribution in [0.1, 0.15) is 42.7 Å². The van der Waals surface area contributed by atoms with E-state index in [9.17, 15) is 14.4 Å². The Kier molecular flexibility index (Phi) is 6.26. The van der Waals surface area contributed by atoms with E-state index in [0.29, 0.717) is 19.6 Å². The van der Waals surface area contributed by atoms with Gasteiger partial charge in [-0.3, -0.25) is 9.59 Å². The van der Waals surface area contributed by atoms with Gasteiger partial charge in [0.2, 0.25) is 5.91 Å². The number of carboxylic acids is 1. The van der Waals surface area contributed by atoms with Gasteiger partial charge in [-0.25, -0.2) is 4.79 Å². The van der Waals surface area contributed by atoms with Crippen molar-refractivity contribution in [1.82, 2.24) is 10.2 Å². The van der Waals surface area contributed by atoms with Crippen LogP contribution in [0.25, 0.3) is 11.1 Å². The molecule has 178 valence electrons. The molecule has 34 heavy (non-hydrogen) atoms. The molecule has 3 aliphatic rings. The summed E-state index contributed by atoms with van der Waals surface area (Å²) < 4.78 is 5.58. The molecule has 2 N–H and O–H groups in total. The Morgan fingerprint density at radius 3 is 2.21 bits per heavy atom. The summed E-state index contributed by atoms with van der Waals surface area (Å²) in [4.78, 5) is 37.9. The van der Waals surface area contributed by atoms with Crippen LogP contribution in [0.2, 0.25) is 0 Å². The monoisotopic (exact) mass is 462 g/mol. The number of rotatable bonds is 7. The number of benzene rings is 2.